The summed E-state index contributed by atoms with van der Waals surface area (Å²) in [4.78, 5) is 17.8. The Morgan fingerprint density at radius 3 is 2.48 bits per heavy atom. The largest absolute Gasteiger partial charge is 0.322 e. The van der Waals surface area contributed by atoms with E-state index in [2.05, 4.69) is 10.3 Å². The monoisotopic (exact) mass is 340 g/mol. The van der Waals surface area contributed by atoms with Gasteiger partial charge in [-0.25, -0.2) is 0 Å². The Hall–Kier alpha value is -2.43. The van der Waals surface area contributed by atoms with Gasteiger partial charge in [0.05, 0.1) is 15.6 Å². The number of amides is 1. The fraction of sp³-hybridized carbons (Fsp3) is 0. The molecule has 0 fully saturated rings. The Bertz CT molecular complexity index is 843. The Labute approximate surface area is 143 Å². The van der Waals surface area contributed by atoms with Gasteiger partial charge < -0.3 is 5.32 Å². The van der Waals surface area contributed by atoms with Gasteiger partial charge in [-0.3, -0.25) is 9.79 Å². The third kappa shape index (κ3) is 4.06. The minimum absolute atomic E-state index is 0.187. The van der Waals surface area contributed by atoms with Crippen molar-refractivity contribution in [1.82, 2.24) is 0 Å². The first-order chi connectivity index (χ1) is 11.2. The van der Waals surface area contributed by atoms with Gasteiger partial charge in [0.2, 0.25) is 0 Å². The molecule has 0 spiro atoms. The Morgan fingerprint density at radius 2 is 1.74 bits per heavy atom. The van der Waals surface area contributed by atoms with Crippen LogP contribution in [0.25, 0.3) is 0 Å². The van der Waals surface area contributed by atoms with Crippen LogP contribution in [0.4, 0.5) is 11.4 Å². The Kier molecular flexibility index (Phi) is 4.86. The van der Waals surface area contributed by atoms with Crippen molar-refractivity contribution in [2.24, 2.45) is 4.99 Å². The molecule has 23 heavy (non-hydrogen) atoms. The topological polar surface area (TPSA) is 41.5 Å². The van der Waals surface area contributed by atoms with Crippen LogP contribution in [0.1, 0.15) is 15.2 Å². The molecule has 3 nitrogen and oxygen atoms in total. The lowest BCUT2D eigenvalue weighted by Gasteiger charge is -2.07. The number of nitrogens with zero attached hydrogens (tertiary/aromatic N) is 1. The summed E-state index contributed by atoms with van der Waals surface area (Å²) in [5.74, 6) is -0.187. The van der Waals surface area contributed by atoms with Crippen molar-refractivity contribution < 1.29 is 4.79 Å². The number of halogens is 1. The summed E-state index contributed by atoms with van der Waals surface area (Å²) in [5.41, 5.74) is 1.89. The molecule has 0 atom stereocenters. The fourth-order valence-corrected chi connectivity index (χ4v) is 2.96. The maximum atomic E-state index is 12.4. The van der Waals surface area contributed by atoms with Crippen molar-refractivity contribution in [3.8, 4) is 0 Å². The first-order valence-electron chi connectivity index (χ1n) is 6.97. The van der Waals surface area contributed by atoms with E-state index in [1.54, 1.807) is 12.3 Å². The van der Waals surface area contributed by atoms with Gasteiger partial charge in [-0.05, 0) is 36.4 Å². The van der Waals surface area contributed by atoms with Crippen LogP contribution in [0.15, 0.2) is 71.7 Å². The van der Waals surface area contributed by atoms with Crippen molar-refractivity contribution >= 4 is 46.4 Å². The van der Waals surface area contributed by atoms with Gasteiger partial charge >= 0.3 is 0 Å². The van der Waals surface area contributed by atoms with Crippen LogP contribution in [0, 0.1) is 0 Å². The zero-order chi connectivity index (χ0) is 16.1. The summed E-state index contributed by atoms with van der Waals surface area (Å²) in [6.07, 6.45) is 1.71. The lowest BCUT2D eigenvalue weighted by Crippen LogP contribution is -2.11. The molecule has 5 heteroatoms. The van der Waals surface area contributed by atoms with Gasteiger partial charge in [0.25, 0.3) is 5.91 Å². The number of para-hydroxylation sites is 2. The molecule has 0 bridgehead atoms. The first kappa shape index (κ1) is 15.5. The summed E-state index contributed by atoms with van der Waals surface area (Å²) < 4.78 is 0.710. The maximum absolute atomic E-state index is 12.4. The number of hydrogen-bond donors (Lipinski definition) is 1. The van der Waals surface area contributed by atoms with Crippen molar-refractivity contribution in [3.05, 3.63) is 81.5 Å². The molecule has 0 aliphatic rings. The second-order valence-corrected chi connectivity index (χ2v) is 6.48. The van der Waals surface area contributed by atoms with Crippen molar-refractivity contribution in [3.63, 3.8) is 0 Å². The number of anilines is 1. The van der Waals surface area contributed by atoms with E-state index in [1.165, 1.54) is 11.3 Å². The van der Waals surface area contributed by atoms with E-state index in [-0.39, 0.29) is 5.91 Å². The number of carbonyl (C=O) groups excluding carboxylic acids is 1. The summed E-state index contributed by atoms with van der Waals surface area (Å²) in [6.45, 7) is 0. The first-order valence-corrected chi connectivity index (χ1v) is 8.17. The third-order valence-electron chi connectivity index (χ3n) is 3.11. The molecular weight excluding hydrogens is 328 g/mol. The standard InChI is InChI=1S/C18H13ClN2OS/c19-17-11-10-14(23-17)12-20-16-9-5-4-8-15(16)18(22)21-13-6-2-1-3-7-13/h1-12H,(H,21,22). The fourth-order valence-electron chi connectivity index (χ4n) is 2.03. The average molecular weight is 341 g/mol. The van der Waals surface area contributed by atoms with Gasteiger partial charge in [0, 0.05) is 16.8 Å². The van der Waals surface area contributed by atoms with E-state index >= 15 is 0 Å². The quantitative estimate of drug-likeness (QED) is 0.634. The summed E-state index contributed by atoms with van der Waals surface area (Å²) in [6, 6.07) is 20.3. The minimum atomic E-state index is -0.187. The molecule has 0 aliphatic carbocycles. The highest BCUT2D eigenvalue weighted by Gasteiger charge is 2.10. The van der Waals surface area contributed by atoms with E-state index in [4.69, 9.17) is 11.6 Å². The lowest BCUT2D eigenvalue weighted by molar-refractivity contribution is 0.102. The van der Waals surface area contributed by atoms with Crippen molar-refractivity contribution in [2.45, 2.75) is 0 Å². The molecule has 0 aliphatic heterocycles. The average Bonchev–Trinajstić information content (AvgIpc) is 2.99. The molecule has 1 N–H and O–H groups in total. The molecule has 0 unspecified atom stereocenters. The van der Waals surface area contributed by atoms with Crippen LogP contribution in [0.2, 0.25) is 4.34 Å². The number of benzene rings is 2. The highest BCUT2D eigenvalue weighted by molar-refractivity contribution is 7.17. The van der Waals surface area contributed by atoms with Gasteiger partial charge in [-0.2, -0.15) is 0 Å². The number of rotatable bonds is 4. The van der Waals surface area contributed by atoms with Crippen LogP contribution >= 0.6 is 22.9 Å². The van der Waals surface area contributed by atoms with E-state index in [9.17, 15) is 4.79 Å². The minimum Gasteiger partial charge on any atom is -0.322 e. The van der Waals surface area contributed by atoms with Gasteiger partial charge in [-0.15, -0.1) is 11.3 Å². The van der Waals surface area contributed by atoms with Crippen LogP contribution < -0.4 is 5.32 Å². The molecule has 3 aromatic rings. The van der Waals surface area contributed by atoms with Gasteiger partial charge in [0.15, 0.2) is 0 Å². The van der Waals surface area contributed by atoms with Gasteiger partial charge in [-0.1, -0.05) is 41.9 Å². The Morgan fingerprint density at radius 1 is 1.00 bits per heavy atom. The van der Waals surface area contributed by atoms with E-state index in [0.717, 1.165) is 10.6 Å². The predicted octanol–water partition coefficient (Wildman–Crippen LogP) is 5.40. The molecule has 3 rings (SSSR count). The maximum Gasteiger partial charge on any atom is 0.257 e. The predicted molar refractivity (Wildman–Crippen MR) is 97.4 cm³/mol. The molecule has 0 radical (unpaired) electrons. The van der Waals surface area contributed by atoms with E-state index in [1.807, 2.05) is 60.7 Å². The second-order valence-electron chi connectivity index (χ2n) is 4.74. The number of thiophene rings is 1. The third-order valence-corrected chi connectivity index (χ3v) is 4.27. The number of aliphatic imine (C=N–C) groups is 1. The van der Waals surface area contributed by atoms with Crippen LogP contribution in [0.3, 0.4) is 0 Å². The Balaban J connectivity index is 1.82. The summed E-state index contributed by atoms with van der Waals surface area (Å²) in [5, 5.41) is 2.87. The van der Waals surface area contributed by atoms with Crippen molar-refractivity contribution in [2.75, 3.05) is 5.32 Å². The summed E-state index contributed by atoms with van der Waals surface area (Å²) >= 11 is 7.35. The van der Waals surface area contributed by atoms with Crippen LogP contribution in [-0.4, -0.2) is 12.1 Å². The smallest absolute Gasteiger partial charge is 0.257 e. The zero-order valence-electron chi connectivity index (χ0n) is 12.1. The SMILES string of the molecule is O=C(Nc1ccccc1)c1ccccc1N=Cc1ccc(Cl)s1. The molecule has 114 valence electrons. The molecular formula is C18H13ClN2OS. The molecule has 0 saturated heterocycles. The van der Waals surface area contributed by atoms with Crippen molar-refractivity contribution in [1.29, 1.82) is 0 Å². The van der Waals surface area contributed by atoms with Crippen LogP contribution in [-0.2, 0) is 0 Å². The summed E-state index contributed by atoms with van der Waals surface area (Å²) in [7, 11) is 0. The molecule has 2 aromatic carbocycles. The molecule has 0 saturated carbocycles. The lowest BCUT2D eigenvalue weighted by atomic mass is 10.1. The molecule has 1 amide bonds. The molecule has 1 aromatic heterocycles. The normalized spacial score (nSPS) is 10.8. The zero-order valence-corrected chi connectivity index (χ0v) is 13.6. The highest BCUT2D eigenvalue weighted by Crippen LogP contribution is 2.23. The molecule has 1 heterocycles. The van der Waals surface area contributed by atoms with Crippen LogP contribution in [0.5, 0.6) is 0 Å². The second kappa shape index (κ2) is 7.22. The number of carbonyl (C=O) groups is 1. The number of hydrogen-bond acceptors (Lipinski definition) is 3. The van der Waals surface area contributed by atoms with E-state index in [0.29, 0.717) is 15.6 Å². The van der Waals surface area contributed by atoms with E-state index < -0.39 is 0 Å². The highest BCUT2D eigenvalue weighted by atomic mass is 35.5. The number of nitrogens with one attached hydrogen (secondary N) is 1. The van der Waals surface area contributed by atoms with Gasteiger partial charge in [0.1, 0.15) is 0 Å².